The highest BCUT2D eigenvalue weighted by atomic mass is 16.6. The first-order chi connectivity index (χ1) is 21.5. The number of unbranched alkanes of at least 4 members (excludes halogenated alkanes) is 4. The Labute approximate surface area is 271 Å². The van der Waals surface area contributed by atoms with Crippen molar-refractivity contribution in [2.24, 2.45) is 5.92 Å². The van der Waals surface area contributed by atoms with Gasteiger partial charge >= 0.3 is 23.9 Å². The molecule has 0 spiro atoms. The minimum Gasteiger partial charge on any atom is -0.459 e. The van der Waals surface area contributed by atoms with Gasteiger partial charge in [0.1, 0.15) is 23.9 Å². The van der Waals surface area contributed by atoms with Gasteiger partial charge in [-0.1, -0.05) is 45.6 Å². The zero-order chi connectivity index (χ0) is 34.6. The maximum atomic E-state index is 13.4. The predicted molar refractivity (Wildman–Crippen MR) is 165 cm³/mol. The van der Waals surface area contributed by atoms with Gasteiger partial charge < -0.3 is 39.0 Å². The first-order valence-corrected chi connectivity index (χ1v) is 16.4. The van der Waals surface area contributed by atoms with Crippen LogP contribution in [0, 0.1) is 5.92 Å². The third-order valence-corrected chi connectivity index (χ3v) is 9.65. The quantitative estimate of drug-likeness (QED) is 0.0817. The minimum atomic E-state index is -2.56. The molecule has 0 radical (unpaired) electrons. The van der Waals surface area contributed by atoms with Crippen LogP contribution in [0.3, 0.4) is 0 Å². The summed E-state index contributed by atoms with van der Waals surface area (Å²) in [5.41, 5.74) is -5.75. The van der Waals surface area contributed by atoms with E-state index in [2.05, 4.69) is 6.92 Å². The summed E-state index contributed by atoms with van der Waals surface area (Å²) in [7, 11) is 0. The van der Waals surface area contributed by atoms with Crippen molar-refractivity contribution in [3.05, 3.63) is 22.8 Å². The maximum Gasteiger partial charge on any atom is 0.341 e. The largest absolute Gasteiger partial charge is 0.459 e. The standard InChI is InChI=1S/C34H52O12/c1-9-12-13-14-15-17-24(37)43-28-26-25(20(5)27(28)44-30(38)19(4)11-3)29-34(41,33(8,40)31(39)45-29)22(42-23(36)16-10-2)18-32(26,7)46-21(6)35/h11,22,26-30,38,40-41H,9-10,12-18H2,1-8H3/b19-11-/t22-,26+,27-,28-,29-,30-,32-,33+,34+/m0/s1. The Balaban J connectivity index is 2.22. The number of hydrogen-bond donors (Lipinski definition) is 3. The zero-order valence-electron chi connectivity index (χ0n) is 28.4. The van der Waals surface area contributed by atoms with E-state index in [0.29, 0.717) is 24.0 Å². The summed E-state index contributed by atoms with van der Waals surface area (Å²) in [5, 5.41) is 34.8. The van der Waals surface area contributed by atoms with E-state index >= 15 is 0 Å². The number of aliphatic hydroxyl groups is 3. The monoisotopic (exact) mass is 652 g/mol. The summed E-state index contributed by atoms with van der Waals surface area (Å²) in [6.07, 6.45) is -0.715. The van der Waals surface area contributed by atoms with Crippen molar-refractivity contribution in [1.82, 2.24) is 0 Å². The third kappa shape index (κ3) is 7.19. The van der Waals surface area contributed by atoms with E-state index in [1.807, 2.05) is 0 Å². The first-order valence-electron chi connectivity index (χ1n) is 16.4. The van der Waals surface area contributed by atoms with Gasteiger partial charge in [0.25, 0.3) is 0 Å². The van der Waals surface area contributed by atoms with Gasteiger partial charge in [0, 0.05) is 26.2 Å². The van der Waals surface area contributed by atoms with Crippen LogP contribution in [0.15, 0.2) is 22.8 Å². The van der Waals surface area contributed by atoms with Gasteiger partial charge in [-0.05, 0) is 64.2 Å². The van der Waals surface area contributed by atoms with Crippen LogP contribution in [-0.2, 0) is 42.9 Å². The van der Waals surface area contributed by atoms with E-state index < -0.39 is 83.7 Å². The number of allylic oxidation sites excluding steroid dienone is 1. The molecule has 1 saturated carbocycles. The average molecular weight is 653 g/mol. The summed E-state index contributed by atoms with van der Waals surface area (Å²) in [6.45, 7) is 12.7. The van der Waals surface area contributed by atoms with Crippen molar-refractivity contribution in [2.45, 2.75) is 161 Å². The van der Waals surface area contributed by atoms with Crippen molar-refractivity contribution in [3.8, 4) is 0 Å². The molecule has 0 amide bonds. The molecule has 3 N–H and O–H groups in total. The molecule has 12 heteroatoms. The number of fused-ring (bicyclic) bond motifs is 3. The highest BCUT2D eigenvalue weighted by molar-refractivity contribution is 5.85. The number of esters is 4. The molecule has 0 aromatic carbocycles. The molecule has 1 saturated heterocycles. The molecule has 1 aliphatic heterocycles. The first kappa shape index (κ1) is 37.7. The summed E-state index contributed by atoms with van der Waals surface area (Å²) in [4.78, 5) is 52.0. The Bertz CT molecular complexity index is 1220. The smallest absolute Gasteiger partial charge is 0.341 e. The lowest BCUT2D eigenvalue weighted by Crippen LogP contribution is -2.64. The van der Waals surface area contributed by atoms with Crippen LogP contribution >= 0.6 is 0 Å². The van der Waals surface area contributed by atoms with Crippen LogP contribution < -0.4 is 0 Å². The fraction of sp³-hybridized carbons (Fsp3) is 0.765. The van der Waals surface area contributed by atoms with Gasteiger partial charge in [0.15, 0.2) is 23.6 Å². The fourth-order valence-electron chi connectivity index (χ4n) is 6.99. The van der Waals surface area contributed by atoms with Gasteiger partial charge in [-0.15, -0.1) is 0 Å². The molecule has 0 unspecified atom stereocenters. The number of carbonyl (C=O) groups is 4. The Kier molecular flexibility index (Phi) is 12.2. The van der Waals surface area contributed by atoms with Crippen molar-refractivity contribution in [1.29, 1.82) is 0 Å². The molecular weight excluding hydrogens is 600 g/mol. The van der Waals surface area contributed by atoms with Crippen molar-refractivity contribution in [2.75, 3.05) is 0 Å². The molecule has 1 heterocycles. The molecule has 0 aromatic rings. The highest BCUT2D eigenvalue weighted by Gasteiger charge is 2.76. The Morgan fingerprint density at radius 1 is 1.00 bits per heavy atom. The molecule has 0 bridgehead atoms. The van der Waals surface area contributed by atoms with E-state index in [1.165, 1.54) is 6.92 Å². The minimum absolute atomic E-state index is 0.0137. The molecule has 2 fully saturated rings. The second-order valence-corrected chi connectivity index (χ2v) is 13.2. The number of aliphatic hydroxyl groups excluding tert-OH is 1. The number of carbonyl (C=O) groups excluding carboxylic acids is 4. The van der Waals surface area contributed by atoms with E-state index in [4.69, 9.17) is 23.7 Å². The van der Waals surface area contributed by atoms with E-state index in [-0.39, 0.29) is 18.4 Å². The second-order valence-electron chi connectivity index (χ2n) is 13.2. The van der Waals surface area contributed by atoms with Gasteiger partial charge in [-0.3, -0.25) is 14.4 Å². The molecule has 260 valence electrons. The molecular formula is C34H52O12. The number of hydrogen-bond acceptors (Lipinski definition) is 12. The normalized spacial score (nSPS) is 34.7. The molecule has 9 atom stereocenters. The molecule has 46 heavy (non-hydrogen) atoms. The van der Waals surface area contributed by atoms with Crippen molar-refractivity contribution >= 4 is 23.9 Å². The van der Waals surface area contributed by atoms with Crippen molar-refractivity contribution < 1.29 is 58.2 Å². The molecule has 0 aromatic heterocycles. The van der Waals surface area contributed by atoms with Crippen LogP contribution in [0.5, 0.6) is 0 Å². The lowest BCUT2D eigenvalue weighted by molar-refractivity contribution is -0.213. The van der Waals surface area contributed by atoms with E-state index in [0.717, 1.165) is 32.6 Å². The lowest BCUT2D eigenvalue weighted by atomic mass is 9.75. The van der Waals surface area contributed by atoms with E-state index in [1.54, 1.807) is 40.7 Å². The summed E-state index contributed by atoms with van der Waals surface area (Å²) >= 11 is 0. The van der Waals surface area contributed by atoms with Crippen molar-refractivity contribution in [3.63, 3.8) is 0 Å². The molecule has 2 aliphatic carbocycles. The lowest BCUT2D eigenvalue weighted by Gasteiger charge is -2.42. The maximum absolute atomic E-state index is 13.4. The van der Waals surface area contributed by atoms with Crippen LogP contribution in [-0.4, -0.2) is 86.7 Å². The summed E-state index contributed by atoms with van der Waals surface area (Å²) < 4.78 is 29.6. The molecule has 3 aliphatic rings. The van der Waals surface area contributed by atoms with Gasteiger partial charge in [-0.25, -0.2) is 4.79 Å². The zero-order valence-corrected chi connectivity index (χ0v) is 28.4. The predicted octanol–water partition coefficient (Wildman–Crippen LogP) is 3.72. The molecule has 3 rings (SSSR count). The Hall–Kier alpha value is -2.80. The van der Waals surface area contributed by atoms with Gasteiger partial charge in [-0.2, -0.15) is 0 Å². The van der Waals surface area contributed by atoms with Crippen LogP contribution in [0.2, 0.25) is 0 Å². The number of ether oxygens (including phenoxy) is 5. The van der Waals surface area contributed by atoms with Gasteiger partial charge in [0.2, 0.25) is 0 Å². The summed E-state index contributed by atoms with van der Waals surface area (Å²) in [6, 6.07) is 0. The Morgan fingerprint density at radius 2 is 1.63 bits per heavy atom. The fourth-order valence-corrected chi connectivity index (χ4v) is 6.99. The van der Waals surface area contributed by atoms with Crippen LogP contribution in [0.4, 0.5) is 0 Å². The highest BCUT2D eigenvalue weighted by Crippen LogP contribution is 2.57. The average Bonchev–Trinajstić information content (AvgIpc) is 3.30. The number of rotatable bonds is 14. The topological polar surface area (TPSA) is 175 Å². The third-order valence-electron chi connectivity index (χ3n) is 9.65. The molecule has 12 nitrogen and oxygen atoms in total. The second kappa shape index (κ2) is 15.0. The van der Waals surface area contributed by atoms with Crippen LogP contribution in [0.25, 0.3) is 0 Å². The summed E-state index contributed by atoms with van der Waals surface area (Å²) in [5.74, 6) is -4.21. The van der Waals surface area contributed by atoms with Crippen LogP contribution in [0.1, 0.15) is 113 Å². The SMILES string of the molecule is C/C=C(/C)[C@@H](O)O[C@H]1C(C)=C2[C@H]([C@@H]1OC(=O)CCCCCCC)[C@@](C)(OC(C)=O)C[C@H](OC(=O)CCC)[C@@]1(O)[C@H]2OC(=O)[C@@]1(C)O. The Morgan fingerprint density at radius 3 is 2.22 bits per heavy atom. The van der Waals surface area contributed by atoms with Gasteiger partial charge in [0.05, 0.1) is 5.92 Å². The van der Waals surface area contributed by atoms with E-state index in [9.17, 15) is 34.5 Å².